The summed E-state index contributed by atoms with van der Waals surface area (Å²) in [5.74, 6) is 0.0713. The number of anilines is 1. The van der Waals surface area contributed by atoms with Gasteiger partial charge in [0.2, 0.25) is 16.9 Å². The van der Waals surface area contributed by atoms with E-state index in [1.807, 2.05) is 54.6 Å². The van der Waals surface area contributed by atoms with E-state index in [4.69, 9.17) is 4.74 Å². The molecule has 0 aliphatic carbocycles. The number of ether oxygens (including phenoxy) is 1. The summed E-state index contributed by atoms with van der Waals surface area (Å²) in [5, 5.41) is 12.4. The van der Waals surface area contributed by atoms with E-state index < -0.39 is 5.92 Å². The highest BCUT2D eigenvalue weighted by molar-refractivity contribution is 7.15. The number of carbonyl (C=O) groups excluding carboxylic acids is 2. The zero-order valence-corrected chi connectivity index (χ0v) is 17.6. The van der Waals surface area contributed by atoms with Crippen molar-refractivity contribution in [1.82, 2.24) is 15.1 Å². The van der Waals surface area contributed by atoms with E-state index in [9.17, 15) is 9.59 Å². The zero-order valence-electron chi connectivity index (χ0n) is 16.7. The van der Waals surface area contributed by atoms with Crippen molar-refractivity contribution in [3.05, 3.63) is 70.7 Å². The first-order valence-electron chi connectivity index (χ1n) is 9.62. The van der Waals surface area contributed by atoms with Crippen LogP contribution in [0.5, 0.6) is 5.75 Å². The number of aromatic nitrogens is 2. The van der Waals surface area contributed by atoms with Gasteiger partial charge in [-0.25, -0.2) is 0 Å². The van der Waals surface area contributed by atoms with Gasteiger partial charge in [-0.2, -0.15) is 0 Å². The number of methoxy groups -OCH3 is 1. The van der Waals surface area contributed by atoms with Crippen molar-refractivity contribution in [1.29, 1.82) is 0 Å². The van der Waals surface area contributed by atoms with Gasteiger partial charge in [0, 0.05) is 19.9 Å². The maximum Gasteiger partial charge on any atom is 0.232 e. The molecule has 4 rings (SSSR count). The van der Waals surface area contributed by atoms with Gasteiger partial charge in [0.05, 0.1) is 19.1 Å². The number of hydrogen-bond donors (Lipinski definition) is 1. The fraction of sp³-hybridized carbons (Fsp3) is 0.273. The van der Waals surface area contributed by atoms with Crippen LogP contribution in [0.2, 0.25) is 0 Å². The standard InChI is InChI=1S/C22H22N4O3S/c1-26-19(27)13-17(20(26)15-6-4-3-5-7-15)21(28)23-22-25-24-18(30-22)12-14-8-10-16(29-2)11-9-14/h3-11,17,20H,12-13H2,1-2H3,(H,23,25,28)/t17-,20+/m0/s1. The van der Waals surface area contributed by atoms with Gasteiger partial charge in [0.15, 0.2) is 0 Å². The quantitative estimate of drug-likeness (QED) is 0.659. The minimum atomic E-state index is -0.473. The van der Waals surface area contributed by atoms with E-state index in [2.05, 4.69) is 15.5 Å². The summed E-state index contributed by atoms with van der Waals surface area (Å²) in [6.07, 6.45) is 0.800. The molecular formula is C22H22N4O3S. The number of carbonyl (C=O) groups is 2. The van der Waals surface area contributed by atoms with Crippen LogP contribution in [-0.4, -0.2) is 41.1 Å². The molecule has 3 aromatic rings. The second-order valence-corrected chi connectivity index (χ2v) is 8.25. The molecule has 1 aliphatic heterocycles. The Morgan fingerprint density at radius 1 is 1.17 bits per heavy atom. The third-order valence-corrected chi connectivity index (χ3v) is 6.11. The molecule has 2 aromatic carbocycles. The number of nitrogens with zero attached hydrogens (tertiary/aromatic N) is 3. The second kappa shape index (κ2) is 8.62. The van der Waals surface area contributed by atoms with Crippen LogP contribution in [0, 0.1) is 5.92 Å². The lowest BCUT2D eigenvalue weighted by Gasteiger charge is -2.24. The maximum absolute atomic E-state index is 13.0. The predicted molar refractivity (Wildman–Crippen MR) is 114 cm³/mol. The second-order valence-electron chi connectivity index (χ2n) is 7.19. The number of likely N-dealkylation sites (tertiary alicyclic amines) is 1. The molecule has 2 amide bonds. The highest BCUT2D eigenvalue weighted by Gasteiger charge is 2.42. The molecule has 0 unspecified atom stereocenters. The Balaban J connectivity index is 1.45. The molecule has 1 aliphatic rings. The molecule has 0 radical (unpaired) electrons. The van der Waals surface area contributed by atoms with Crippen LogP contribution in [0.3, 0.4) is 0 Å². The zero-order chi connectivity index (χ0) is 21.1. The summed E-state index contributed by atoms with van der Waals surface area (Å²) >= 11 is 1.34. The van der Waals surface area contributed by atoms with Gasteiger partial charge in [-0.05, 0) is 23.3 Å². The largest absolute Gasteiger partial charge is 0.497 e. The van der Waals surface area contributed by atoms with Crippen molar-refractivity contribution in [3.63, 3.8) is 0 Å². The van der Waals surface area contributed by atoms with E-state index in [1.54, 1.807) is 19.1 Å². The Hall–Kier alpha value is -3.26. The molecular weight excluding hydrogens is 400 g/mol. The molecule has 2 atom stereocenters. The van der Waals surface area contributed by atoms with Gasteiger partial charge < -0.3 is 15.0 Å². The molecule has 0 bridgehead atoms. The number of rotatable bonds is 6. The Morgan fingerprint density at radius 2 is 1.90 bits per heavy atom. The van der Waals surface area contributed by atoms with Gasteiger partial charge in [-0.3, -0.25) is 9.59 Å². The minimum absolute atomic E-state index is 0.0403. The summed E-state index contributed by atoms with van der Waals surface area (Å²) in [4.78, 5) is 26.9. The summed E-state index contributed by atoms with van der Waals surface area (Å²) in [6, 6.07) is 17.1. The first kappa shape index (κ1) is 20.0. The summed E-state index contributed by atoms with van der Waals surface area (Å²) < 4.78 is 5.17. The molecule has 1 saturated heterocycles. The lowest BCUT2D eigenvalue weighted by atomic mass is 9.93. The molecule has 8 heteroatoms. The number of benzene rings is 2. The average Bonchev–Trinajstić information content (AvgIpc) is 3.33. The number of hydrogen-bond acceptors (Lipinski definition) is 6. The van der Waals surface area contributed by atoms with E-state index >= 15 is 0 Å². The smallest absolute Gasteiger partial charge is 0.232 e. The van der Waals surface area contributed by atoms with E-state index in [-0.39, 0.29) is 24.3 Å². The molecule has 1 fully saturated rings. The number of nitrogens with one attached hydrogen (secondary N) is 1. The maximum atomic E-state index is 13.0. The topological polar surface area (TPSA) is 84.4 Å². The summed E-state index contributed by atoms with van der Waals surface area (Å²) in [7, 11) is 3.37. The van der Waals surface area contributed by atoms with E-state index in [1.165, 1.54) is 11.3 Å². The molecule has 0 spiro atoms. The van der Waals surface area contributed by atoms with Gasteiger partial charge in [-0.15, -0.1) is 10.2 Å². The highest BCUT2D eigenvalue weighted by Crippen LogP contribution is 2.37. The minimum Gasteiger partial charge on any atom is -0.497 e. The summed E-state index contributed by atoms with van der Waals surface area (Å²) in [5.41, 5.74) is 2.03. The van der Waals surface area contributed by atoms with Crippen LogP contribution < -0.4 is 10.1 Å². The normalized spacial score (nSPS) is 18.5. The van der Waals surface area contributed by atoms with Gasteiger partial charge in [-0.1, -0.05) is 53.8 Å². The third-order valence-electron chi connectivity index (χ3n) is 5.28. The lowest BCUT2D eigenvalue weighted by molar-refractivity contribution is -0.127. The summed E-state index contributed by atoms with van der Waals surface area (Å²) in [6.45, 7) is 0. The Bertz CT molecular complexity index is 1040. The predicted octanol–water partition coefficient (Wildman–Crippen LogP) is 3.30. The molecule has 1 N–H and O–H groups in total. The Kier molecular flexibility index (Phi) is 5.76. The molecule has 1 aromatic heterocycles. The van der Waals surface area contributed by atoms with Crippen molar-refractivity contribution in [2.45, 2.75) is 18.9 Å². The molecule has 0 saturated carbocycles. The van der Waals surface area contributed by atoms with E-state index in [0.29, 0.717) is 11.6 Å². The van der Waals surface area contributed by atoms with Crippen molar-refractivity contribution < 1.29 is 14.3 Å². The van der Waals surface area contributed by atoms with Crippen molar-refractivity contribution in [2.75, 3.05) is 19.5 Å². The third kappa shape index (κ3) is 4.18. The highest BCUT2D eigenvalue weighted by atomic mass is 32.1. The first-order valence-corrected chi connectivity index (χ1v) is 10.4. The lowest BCUT2D eigenvalue weighted by Crippen LogP contribution is -2.29. The van der Waals surface area contributed by atoms with Crippen LogP contribution in [0.1, 0.15) is 28.6 Å². The monoisotopic (exact) mass is 422 g/mol. The van der Waals surface area contributed by atoms with Crippen molar-refractivity contribution in [2.24, 2.45) is 5.92 Å². The van der Waals surface area contributed by atoms with Gasteiger partial charge >= 0.3 is 0 Å². The van der Waals surface area contributed by atoms with E-state index in [0.717, 1.165) is 21.9 Å². The SMILES string of the molecule is COc1ccc(Cc2nnc(NC(=O)[C@H]3CC(=O)N(C)[C@@H]3c3ccccc3)s2)cc1. The van der Waals surface area contributed by atoms with Crippen LogP contribution >= 0.6 is 11.3 Å². The van der Waals surface area contributed by atoms with Crippen LogP contribution in [0.25, 0.3) is 0 Å². The molecule has 154 valence electrons. The van der Waals surface area contributed by atoms with Gasteiger partial charge in [0.1, 0.15) is 10.8 Å². The van der Waals surface area contributed by atoms with Crippen LogP contribution in [0.15, 0.2) is 54.6 Å². The van der Waals surface area contributed by atoms with Gasteiger partial charge in [0.25, 0.3) is 0 Å². The van der Waals surface area contributed by atoms with Crippen molar-refractivity contribution in [3.8, 4) is 5.75 Å². The van der Waals surface area contributed by atoms with Crippen LogP contribution in [0.4, 0.5) is 5.13 Å². The number of amides is 2. The van der Waals surface area contributed by atoms with Crippen LogP contribution in [-0.2, 0) is 16.0 Å². The first-order chi connectivity index (χ1) is 14.5. The Labute approximate surface area is 178 Å². The fourth-order valence-electron chi connectivity index (χ4n) is 3.70. The molecule has 7 nitrogen and oxygen atoms in total. The average molecular weight is 423 g/mol. The molecule has 2 heterocycles. The Morgan fingerprint density at radius 3 is 2.60 bits per heavy atom. The molecule has 30 heavy (non-hydrogen) atoms. The fourth-order valence-corrected chi connectivity index (χ4v) is 4.48. The van der Waals surface area contributed by atoms with Crippen molar-refractivity contribution >= 4 is 28.3 Å².